The number of rotatable bonds is 1. The summed E-state index contributed by atoms with van der Waals surface area (Å²) < 4.78 is 2.88. The Morgan fingerprint density at radius 3 is 2.94 bits per heavy atom. The quantitative estimate of drug-likeness (QED) is 0.750. The number of fused-ring (bicyclic) bond motifs is 3. The first kappa shape index (κ1) is 10.5. The number of aromatic nitrogens is 3. The smallest absolute Gasteiger partial charge is 0.152 e. The van der Waals surface area contributed by atoms with Crippen molar-refractivity contribution < 1.29 is 0 Å². The fourth-order valence-corrected chi connectivity index (χ4v) is 2.33. The molecule has 0 atom stereocenters. The van der Waals surface area contributed by atoms with Crippen LogP contribution in [0.25, 0.3) is 21.8 Å². The largest absolute Gasteiger partial charge is 0.382 e. The predicted molar refractivity (Wildman–Crippen MR) is 72.8 cm³/mol. The predicted octanol–water partition coefficient (Wildman–Crippen LogP) is 2.95. The fourth-order valence-electron chi connectivity index (χ4n) is 1.98. The van der Waals surface area contributed by atoms with E-state index in [1.165, 1.54) is 0 Å². The molecule has 5 heteroatoms. The number of halogens is 1. The summed E-state index contributed by atoms with van der Waals surface area (Å²) in [5.74, 6) is 0.484. The molecule has 3 aromatic rings. The Kier molecular flexibility index (Phi) is 2.29. The topological polar surface area (TPSA) is 56.7 Å². The molecule has 86 valence electrons. The first-order chi connectivity index (χ1) is 8.19. The second-order valence-electron chi connectivity index (χ2n) is 3.91. The van der Waals surface area contributed by atoms with Gasteiger partial charge in [-0.15, -0.1) is 0 Å². The third-order valence-electron chi connectivity index (χ3n) is 2.82. The van der Waals surface area contributed by atoms with Gasteiger partial charge in [-0.3, -0.25) is 4.68 Å². The lowest BCUT2D eigenvalue weighted by Crippen LogP contribution is -1.95. The normalized spacial score (nSPS) is 11.4. The number of aryl methyl sites for hydroxylation is 1. The summed E-state index contributed by atoms with van der Waals surface area (Å²) in [6, 6.07) is 6.01. The van der Waals surface area contributed by atoms with Crippen LogP contribution in [0.15, 0.2) is 28.9 Å². The Balaban J connectivity index is 2.49. The van der Waals surface area contributed by atoms with Gasteiger partial charge in [0.2, 0.25) is 0 Å². The van der Waals surface area contributed by atoms with Gasteiger partial charge in [0.05, 0.1) is 5.52 Å². The molecule has 0 bridgehead atoms. The van der Waals surface area contributed by atoms with Gasteiger partial charge >= 0.3 is 0 Å². The maximum absolute atomic E-state index is 5.94. The lowest BCUT2D eigenvalue weighted by Gasteiger charge is -2.01. The Labute approximate surface area is 107 Å². The van der Waals surface area contributed by atoms with E-state index in [0.717, 1.165) is 32.8 Å². The second-order valence-corrected chi connectivity index (χ2v) is 4.82. The molecule has 0 aliphatic rings. The molecule has 0 amide bonds. The van der Waals surface area contributed by atoms with Crippen LogP contribution in [0.3, 0.4) is 0 Å². The number of pyridine rings is 1. The average Bonchev–Trinajstić information content (AvgIpc) is 2.73. The van der Waals surface area contributed by atoms with Crippen LogP contribution in [0, 0.1) is 0 Å². The lowest BCUT2D eigenvalue weighted by atomic mass is 10.1. The molecular formula is C12H11BrN4. The molecule has 0 radical (unpaired) electrons. The van der Waals surface area contributed by atoms with Crippen LogP contribution < -0.4 is 5.73 Å². The first-order valence-corrected chi connectivity index (χ1v) is 6.20. The van der Waals surface area contributed by atoms with Crippen molar-refractivity contribution in [3.8, 4) is 0 Å². The summed E-state index contributed by atoms with van der Waals surface area (Å²) in [6.45, 7) is 2.88. The highest BCUT2D eigenvalue weighted by Crippen LogP contribution is 2.28. The van der Waals surface area contributed by atoms with Crippen molar-refractivity contribution in [1.29, 1.82) is 0 Å². The van der Waals surface area contributed by atoms with Crippen LogP contribution >= 0.6 is 15.9 Å². The van der Waals surface area contributed by atoms with Gasteiger partial charge in [0.15, 0.2) is 5.82 Å². The molecule has 0 fully saturated rings. The van der Waals surface area contributed by atoms with Gasteiger partial charge in [0.25, 0.3) is 0 Å². The summed E-state index contributed by atoms with van der Waals surface area (Å²) in [5.41, 5.74) is 7.61. The fraction of sp³-hybridized carbons (Fsp3) is 0.167. The van der Waals surface area contributed by atoms with Crippen LogP contribution in [-0.4, -0.2) is 14.8 Å². The minimum Gasteiger partial charge on any atom is -0.382 e. The molecule has 0 aliphatic carbocycles. The Bertz CT molecular complexity index is 717. The molecule has 1 aromatic carbocycles. The molecule has 0 saturated carbocycles. The van der Waals surface area contributed by atoms with E-state index in [9.17, 15) is 0 Å². The lowest BCUT2D eigenvalue weighted by molar-refractivity contribution is 0.668. The molecule has 4 nitrogen and oxygen atoms in total. The number of anilines is 1. The monoisotopic (exact) mass is 290 g/mol. The van der Waals surface area contributed by atoms with E-state index in [4.69, 9.17) is 5.73 Å². The number of hydrogen-bond acceptors (Lipinski definition) is 3. The number of nitrogens with zero attached hydrogens (tertiary/aromatic N) is 3. The summed E-state index contributed by atoms with van der Waals surface area (Å²) in [7, 11) is 0. The van der Waals surface area contributed by atoms with Crippen molar-refractivity contribution in [2.75, 3.05) is 5.73 Å². The van der Waals surface area contributed by atoms with E-state index in [-0.39, 0.29) is 0 Å². The van der Waals surface area contributed by atoms with Gasteiger partial charge in [0.1, 0.15) is 5.52 Å². The summed E-state index contributed by atoms with van der Waals surface area (Å²) in [6.07, 6.45) is 2.02. The molecule has 17 heavy (non-hydrogen) atoms. The van der Waals surface area contributed by atoms with Crippen LogP contribution in [0.4, 0.5) is 5.82 Å². The van der Waals surface area contributed by atoms with Gasteiger partial charge < -0.3 is 5.73 Å². The third-order valence-corrected chi connectivity index (χ3v) is 3.31. The van der Waals surface area contributed by atoms with Crippen molar-refractivity contribution in [3.05, 3.63) is 28.9 Å². The van der Waals surface area contributed by atoms with Gasteiger partial charge in [-0.25, -0.2) is 4.98 Å². The molecule has 3 rings (SSSR count). The van der Waals surface area contributed by atoms with Crippen molar-refractivity contribution in [2.45, 2.75) is 13.5 Å². The highest BCUT2D eigenvalue weighted by Gasteiger charge is 2.10. The van der Waals surface area contributed by atoms with Crippen LogP contribution in [0.1, 0.15) is 6.92 Å². The van der Waals surface area contributed by atoms with Crippen molar-refractivity contribution in [3.63, 3.8) is 0 Å². The SMILES string of the molecule is CCn1cc2c(n1)c(N)nc1cc(Br)ccc12. The van der Waals surface area contributed by atoms with Crippen LogP contribution in [0.2, 0.25) is 0 Å². The zero-order chi connectivity index (χ0) is 12.0. The van der Waals surface area contributed by atoms with E-state index in [1.54, 1.807) is 0 Å². The van der Waals surface area contributed by atoms with E-state index in [2.05, 4.69) is 26.0 Å². The van der Waals surface area contributed by atoms with Crippen LogP contribution in [-0.2, 0) is 6.54 Å². The third kappa shape index (κ3) is 1.58. The van der Waals surface area contributed by atoms with Crippen molar-refractivity contribution >= 4 is 43.6 Å². The molecule has 0 aliphatic heterocycles. The molecule has 2 heterocycles. The summed E-state index contributed by atoms with van der Waals surface area (Å²) in [4.78, 5) is 4.38. The molecular weight excluding hydrogens is 280 g/mol. The molecule has 0 saturated heterocycles. The standard InChI is InChI=1S/C12H11BrN4/c1-2-17-6-9-8-4-3-7(13)5-10(8)15-12(14)11(9)16-17/h3-6H,2H2,1H3,(H2,14,15). The molecule has 0 spiro atoms. The maximum Gasteiger partial charge on any atom is 0.152 e. The van der Waals surface area contributed by atoms with Crippen molar-refractivity contribution in [2.24, 2.45) is 0 Å². The average molecular weight is 291 g/mol. The summed E-state index contributed by atoms with van der Waals surface area (Å²) >= 11 is 3.44. The van der Waals surface area contributed by atoms with Crippen molar-refractivity contribution in [1.82, 2.24) is 14.8 Å². The van der Waals surface area contributed by atoms with E-state index in [1.807, 2.05) is 36.0 Å². The van der Waals surface area contributed by atoms with E-state index >= 15 is 0 Å². The highest BCUT2D eigenvalue weighted by atomic mass is 79.9. The highest BCUT2D eigenvalue weighted by molar-refractivity contribution is 9.10. The van der Waals surface area contributed by atoms with Gasteiger partial charge in [0, 0.05) is 28.0 Å². The minimum absolute atomic E-state index is 0.484. The zero-order valence-electron chi connectivity index (χ0n) is 9.31. The first-order valence-electron chi connectivity index (χ1n) is 5.41. The Hall–Kier alpha value is -1.62. The van der Waals surface area contributed by atoms with Crippen LogP contribution in [0.5, 0.6) is 0 Å². The number of nitrogen functional groups attached to an aromatic ring is 1. The second kappa shape index (κ2) is 3.70. The van der Waals surface area contributed by atoms with Gasteiger partial charge in [-0.05, 0) is 19.1 Å². The Morgan fingerprint density at radius 2 is 2.18 bits per heavy atom. The number of benzene rings is 1. The molecule has 0 unspecified atom stereocenters. The molecule has 2 N–H and O–H groups in total. The van der Waals surface area contributed by atoms with E-state index < -0.39 is 0 Å². The number of nitrogens with two attached hydrogens (primary N) is 1. The number of hydrogen-bond donors (Lipinski definition) is 1. The van der Waals surface area contributed by atoms with Gasteiger partial charge in [-0.1, -0.05) is 22.0 Å². The summed E-state index contributed by atoms with van der Waals surface area (Å²) in [5, 5.41) is 6.56. The molecule has 2 aromatic heterocycles. The van der Waals surface area contributed by atoms with E-state index in [0.29, 0.717) is 5.82 Å². The zero-order valence-corrected chi connectivity index (χ0v) is 10.9. The van der Waals surface area contributed by atoms with Gasteiger partial charge in [-0.2, -0.15) is 5.10 Å². The maximum atomic E-state index is 5.94. The minimum atomic E-state index is 0.484. The Morgan fingerprint density at radius 1 is 1.35 bits per heavy atom.